The van der Waals surface area contributed by atoms with Crippen LogP contribution in [0.2, 0.25) is 6.04 Å². The van der Waals surface area contributed by atoms with Crippen molar-refractivity contribution in [3.63, 3.8) is 0 Å². The van der Waals surface area contributed by atoms with Crippen LogP contribution >= 0.6 is 33.2 Å². The molecule has 0 aliphatic rings. The van der Waals surface area contributed by atoms with E-state index in [1.807, 2.05) is 0 Å². The third-order valence-electron chi connectivity index (χ3n) is 4.47. The van der Waals surface area contributed by atoms with Gasteiger partial charge in [0.2, 0.25) is 0 Å². The van der Waals surface area contributed by atoms with Gasteiger partial charge in [0, 0.05) is 0 Å². The molecule has 0 nitrogen and oxygen atoms in total. The van der Waals surface area contributed by atoms with Crippen molar-refractivity contribution >= 4 is 39.2 Å². The third kappa shape index (κ3) is 22.8. The Labute approximate surface area is 166 Å². The number of unbranched alkanes of at least 4 members (excludes halogenated alkanes) is 14. The van der Waals surface area contributed by atoms with Crippen molar-refractivity contribution in [1.29, 1.82) is 0 Å². The van der Waals surface area contributed by atoms with E-state index in [9.17, 15) is 0 Å². The molecule has 0 unspecified atom stereocenters. The highest BCUT2D eigenvalue weighted by Gasteiger charge is 2.23. The highest BCUT2D eigenvalue weighted by molar-refractivity contribution is 7.64. The largest absolute Gasteiger partial charge is 0.341 e. The zero-order chi connectivity index (χ0) is 17.9. The third-order valence-corrected chi connectivity index (χ3v) is 7.09. The van der Waals surface area contributed by atoms with Gasteiger partial charge in [-0.3, -0.25) is 0 Å². The Balaban J connectivity index is 3.11. The van der Waals surface area contributed by atoms with Crippen LogP contribution in [0, 0.1) is 0 Å². The van der Waals surface area contributed by atoms with Gasteiger partial charge in [-0.1, -0.05) is 96.1 Å². The van der Waals surface area contributed by atoms with Crippen LogP contribution in [0.25, 0.3) is 0 Å². The van der Waals surface area contributed by atoms with Crippen molar-refractivity contribution in [2.24, 2.45) is 0 Å². The first-order valence-electron chi connectivity index (χ1n) is 10.3. The maximum absolute atomic E-state index is 5.87. The number of hydrogen-bond acceptors (Lipinski definition) is 0. The normalized spacial score (nSPS) is 12.3. The summed E-state index contributed by atoms with van der Waals surface area (Å²) in [6, 6.07) is -1.55. The molecule has 0 aromatic carbocycles. The summed E-state index contributed by atoms with van der Waals surface area (Å²) in [5, 5.41) is 0. The van der Waals surface area contributed by atoms with Crippen molar-refractivity contribution in [3.05, 3.63) is 12.2 Å². The lowest BCUT2D eigenvalue weighted by Gasteiger charge is -2.06. The SMILES string of the molecule is CCCCCCCCCCCC=CCCCCCCC[Si](Cl)(Cl)Cl. The topological polar surface area (TPSA) is 0 Å². The summed E-state index contributed by atoms with van der Waals surface area (Å²) >= 11 is 17.6. The molecule has 0 fully saturated rings. The van der Waals surface area contributed by atoms with Crippen molar-refractivity contribution < 1.29 is 0 Å². The molecular formula is C20H39Cl3Si. The van der Waals surface area contributed by atoms with E-state index < -0.39 is 6.00 Å². The van der Waals surface area contributed by atoms with E-state index in [1.54, 1.807) is 0 Å². The van der Waals surface area contributed by atoms with Gasteiger partial charge in [-0.2, -0.15) is 0 Å². The minimum Gasteiger partial charge on any atom is -0.126 e. The molecule has 0 amide bonds. The second kappa shape index (κ2) is 18.6. The first kappa shape index (κ1) is 24.8. The summed E-state index contributed by atoms with van der Waals surface area (Å²) in [5.74, 6) is 0. The second-order valence-corrected chi connectivity index (χ2v) is 16.3. The van der Waals surface area contributed by atoms with Gasteiger partial charge in [0.05, 0.1) is 0 Å². The highest BCUT2D eigenvalue weighted by atomic mass is 35.8. The molecule has 0 radical (unpaired) electrons. The zero-order valence-electron chi connectivity index (χ0n) is 15.8. The summed E-state index contributed by atoms with van der Waals surface area (Å²) < 4.78 is 0. The van der Waals surface area contributed by atoms with Crippen molar-refractivity contribution in [2.75, 3.05) is 0 Å². The molecule has 144 valence electrons. The molecule has 0 bridgehead atoms. The van der Waals surface area contributed by atoms with Crippen LogP contribution in [-0.4, -0.2) is 6.00 Å². The number of allylic oxidation sites excluding steroid dienone is 2. The predicted octanol–water partition coefficient (Wildman–Crippen LogP) is 9.46. The van der Waals surface area contributed by atoms with E-state index in [-0.39, 0.29) is 0 Å². The van der Waals surface area contributed by atoms with Crippen molar-refractivity contribution in [3.8, 4) is 0 Å². The average molecular weight is 414 g/mol. The molecule has 4 heteroatoms. The summed E-state index contributed by atoms with van der Waals surface area (Å²) in [7, 11) is 0. The molecule has 0 rings (SSSR count). The average Bonchev–Trinajstić information content (AvgIpc) is 2.52. The van der Waals surface area contributed by atoms with Gasteiger partial charge in [0.15, 0.2) is 0 Å². The van der Waals surface area contributed by atoms with Gasteiger partial charge in [0.25, 0.3) is 0 Å². The van der Waals surface area contributed by atoms with E-state index in [4.69, 9.17) is 33.2 Å². The Hall–Kier alpha value is 0.827. The minimum absolute atomic E-state index is 0.816. The molecule has 0 spiro atoms. The van der Waals surface area contributed by atoms with Crippen LogP contribution in [0.1, 0.15) is 110 Å². The lowest BCUT2D eigenvalue weighted by Crippen LogP contribution is -2.07. The molecule has 0 saturated heterocycles. The lowest BCUT2D eigenvalue weighted by atomic mass is 10.1. The van der Waals surface area contributed by atoms with E-state index in [2.05, 4.69) is 19.1 Å². The predicted molar refractivity (Wildman–Crippen MR) is 117 cm³/mol. The lowest BCUT2D eigenvalue weighted by molar-refractivity contribution is 0.566. The monoisotopic (exact) mass is 412 g/mol. The fourth-order valence-electron chi connectivity index (χ4n) is 2.93. The Morgan fingerprint density at radius 3 is 1.33 bits per heavy atom. The van der Waals surface area contributed by atoms with Crippen LogP contribution in [0.3, 0.4) is 0 Å². The second-order valence-electron chi connectivity index (χ2n) is 7.01. The van der Waals surface area contributed by atoms with E-state index >= 15 is 0 Å². The molecule has 0 saturated carbocycles. The van der Waals surface area contributed by atoms with Crippen LogP contribution in [-0.2, 0) is 0 Å². The standard InChI is InChI=1S/C20H39Cl3Si/c1-2-3-4-5-6-7-8-9-10-11-12-13-14-15-16-17-18-19-20-24(21,22)23/h12-13H,2-11,14-20H2,1H3. The molecule has 0 heterocycles. The van der Waals surface area contributed by atoms with Gasteiger partial charge in [-0.15, -0.1) is 33.2 Å². The van der Waals surface area contributed by atoms with Gasteiger partial charge in [-0.25, -0.2) is 0 Å². The molecule has 0 atom stereocenters. The fourth-order valence-corrected chi connectivity index (χ4v) is 4.78. The molecular weight excluding hydrogens is 375 g/mol. The smallest absolute Gasteiger partial charge is 0.126 e. The number of hydrogen-bond donors (Lipinski definition) is 0. The van der Waals surface area contributed by atoms with Crippen LogP contribution in [0.4, 0.5) is 0 Å². The summed E-state index contributed by atoms with van der Waals surface area (Å²) in [5.41, 5.74) is 0. The van der Waals surface area contributed by atoms with Crippen molar-refractivity contribution in [1.82, 2.24) is 0 Å². The van der Waals surface area contributed by atoms with Crippen molar-refractivity contribution in [2.45, 2.75) is 116 Å². The molecule has 0 aliphatic carbocycles. The summed E-state index contributed by atoms with van der Waals surface area (Å²) in [4.78, 5) is 0. The van der Waals surface area contributed by atoms with Gasteiger partial charge >= 0.3 is 6.00 Å². The van der Waals surface area contributed by atoms with Gasteiger partial charge in [-0.05, 0) is 31.7 Å². The Morgan fingerprint density at radius 1 is 0.542 bits per heavy atom. The Bertz CT molecular complexity index is 275. The highest BCUT2D eigenvalue weighted by Crippen LogP contribution is 2.27. The van der Waals surface area contributed by atoms with E-state index in [1.165, 1.54) is 96.3 Å². The minimum atomic E-state index is -2.36. The van der Waals surface area contributed by atoms with Crippen LogP contribution in [0.15, 0.2) is 12.2 Å². The molecule has 24 heavy (non-hydrogen) atoms. The molecule has 0 N–H and O–H groups in total. The van der Waals surface area contributed by atoms with E-state index in [0.29, 0.717) is 0 Å². The Morgan fingerprint density at radius 2 is 0.917 bits per heavy atom. The maximum atomic E-state index is 5.87. The first-order chi connectivity index (χ1) is 11.6. The van der Waals surface area contributed by atoms with Crippen LogP contribution < -0.4 is 0 Å². The number of halogens is 3. The zero-order valence-corrected chi connectivity index (χ0v) is 19.1. The molecule has 0 aromatic rings. The summed E-state index contributed by atoms with van der Waals surface area (Å²) in [6.07, 6.45) is 26.2. The summed E-state index contributed by atoms with van der Waals surface area (Å²) in [6.45, 7) is 2.28. The van der Waals surface area contributed by atoms with Gasteiger partial charge < -0.3 is 0 Å². The number of rotatable bonds is 18. The first-order valence-corrected chi connectivity index (χ1v) is 15.5. The fraction of sp³-hybridized carbons (Fsp3) is 0.900. The molecule has 0 aliphatic heterocycles. The Kier molecular flexibility index (Phi) is 19.3. The van der Waals surface area contributed by atoms with Crippen LogP contribution in [0.5, 0.6) is 0 Å². The van der Waals surface area contributed by atoms with Gasteiger partial charge in [0.1, 0.15) is 0 Å². The maximum Gasteiger partial charge on any atom is 0.341 e. The van der Waals surface area contributed by atoms with E-state index in [0.717, 1.165) is 12.5 Å². The quantitative estimate of drug-likeness (QED) is 0.0907. The molecule has 0 aromatic heterocycles.